The van der Waals surface area contributed by atoms with Crippen LogP contribution in [0.15, 0.2) is 36.5 Å². The summed E-state index contributed by atoms with van der Waals surface area (Å²) in [5.74, 6) is 0.135. The third kappa shape index (κ3) is 2.46. The van der Waals surface area contributed by atoms with Crippen LogP contribution < -0.4 is 5.32 Å². The van der Waals surface area contributed by atoms with Crippen molar-refractivity contribution in [2.45, 2.75) is 25.1 Å². The molecule has 0 aliphatic carbocycles. The Balaban J connectivity index is 2.33. The molecule has 0 saturated heterocycles. The van der Waals surface area contributed by atoms with Crippen LogP contribution in [0.25, 0.3) is 0 Å². The van der Waals surface area contributed by atoms with Crippen LogP contribution in [0, 0.1) is 0 Å². The third-order valence-electron chi connectivity index (χ3n) is 3.72. The highest BCUT2D eigenvalue weighted by molar-refractivity contribution is 6.30. The zero-order chi connectivity index (χ0) is 16.7. The maximum atomic E-state index is 14.2. The zero-order valence-electron chi connectivity index (χ0n) is 12.2. The van der Waals surface area contributed by atoms with E-state index >= 15 is 0 Å². The van der Waals surface area contributed by atoms with Gasteiger partial charge < -0.3 is 10.1 Å². The number of rotatable bonds is 3. The van der Waals surface area contributed by atoms with Crippen molar-refractivity contribution < 1.29 is 17.9 Å². The number of hydrogen-bond donors (Lipinski definition) is 1. The van der Waals surface area contributed by atoms with Gasteiger partial charge in [-0.1, -0.05) is 24.6 Å². The number of ether oxygens (including phenoxy) is 1. The molecule has 1 unspecified atom stereocenters. The standard InChI is InChI=1S/C16H14ClF3N2O/c1-2-8-23-15(16(18,19)20)11-4-3-7-21-14(11)22-13-6-5-10(17)9-12(13)15/h3-7,9H,2,8H2,1H3,(H,21,22). The molecule has 0 amide bonds. The van der Waals surface area contributed by atoms with Crippen LogP contribution in [0.1, 0.15) is 24.5 Å². The summed E-state index contributed by atoms with van der Waals surface area (Å²) in [5.41, 5.74) is -2.41. The Labute approximate surface area is 136 Å². The largest absolute Gasteiger partial charge is 0.426 e. The van der Waals surface area contributed by atoms with Crippen molar-refractivity contribution in [1.82, 2.24) is 4.98 Å². The maximum Gasteiger partial charge on any atom is 0.426 e. The lowest BCUT2D eigenvalue weighted by atomic mass is 9.82. The molecule has 1 aromatic carbocycles. The number of fused-ring (bicyclic) bond motifs is 2. The molecule has 0 fully saturated rings. The molecule has 1 aliphatic rings. The summed E-state index contributed by atoms with van der Waals surface area (Å²) < 4.78 is 48.0. The van der Waals surface area contributed by atoms with Crippen molar-refractivity contribution in [2.24, 2.45) is 0 Å². The van der Waals surface area contributed by atoms with Gasteiger partial charge in [0.05, 0.1) is 0 Å². The number of hydrogen-bond acceptors (Lipinski definition) is 3. The Morgan fingerprint density at radius 1 is 1.26 bits per heavy atom. The molecule has 0 spiro atoms. The Hall–Kier alpha value is -1.79. The molecule has 1 aromatic heterocycles. The van der Waals surface area contributed by atoms with Gasteiger partial charge in [0.15, 0.2) is 0 Å². The van der Waals surface area contributed by atoms with E-state index in [0.29, 0.717) is 6.42 Å². The first-order valence-corrected chi connectivity index (χ1v) is 7.51. The van der Waals surface area contributed by atoms with Crippen LogP contribution in [0.5, 0.6) is 0 Å². The lowest BCUT2D eigenvalue weighted by Crippen LogP contribution is -2.48. The van der Waals surface area contributed by atoms with Gasteiger partial charge in [0.25, 0.3) is 0 Å². The molecule has 1 aliphatic heterocycles. The summed E-state index contributed by atoms with van der Waals surface area (Å²) in [6, 6.07) is 7.17. The van der Waals surface area contributed by atoms with E-state index < -0.39 is 11.8 Å². The molecule has 0 saturated carbocycles. The zero-order valence-corrected chi connectivity index (χ0v) is 13.0. The molecule has 1 N–H and O–H groups in total. The highest BCUT2D eigenvalue weighted by Crippen LogP contribution is 2.54. The molecular formula is C16H14ClF3N2O. The molecule has 0 bridgehead atoms. The Bertz CT molecular complexity index is 736. The van der Waals surface area contributed by atoms with E-state index in [1.54, 1.807) is 6.92 Å². The summed E-state index contributed by atoms with van der Waals surface area (Å²) in [6.45, 7) is 1.72. The second-order valence-electron chi connectivity index (χ2n) is 5.24. The average Bonchev–Trinajstić information content (AvgIpc) is 2.50. The molecule has 0 radical (unpaired) electrons. The first-order chi connectivity index (χ1) is 10.9. The van der Waals surface area contributed by atoms with Gasteiger partial charge in [0.1, 0.15) is 5.82 Å². The minimum Gasteiger partial charge on any atom is -0.356 e. The Kier molecular flexibility index (Phi) is 3.98. The van der Waals surface area contributed by atoms with Gasteiger partial charge >= 0.3 is 6.18 Å². The summed E-state index contributed by atoms with van der Waals surface area (Å²) in [5, 5.41) is 3.14. The van der Waals surface area contributed by atoms with Crippen molar-refractivity contribution in [3.05, 3.63) is 52.7 Å². The second kappa shape index (κ2) is 5.69. The topological polar surface area (TPSA) is 34.1 Å². The van der Waals surface area contributed by atoms with Crippen LogP contribution in [-0.4, -0.2) is 17.8 Å². The minimum atomic E-state index is -4.67. The molecular weight excluding hydrogens is 329 g/mol. The fraction of sp³-hybridized carbons (Fsp3) is 0.312. The molecule has 1 atom stereocenters. The van der Waals surface area contributed by atoms with Crippen molar-refractivity contribution in [3.8, 4) is 0 Å². The van der Waals surface area contributed by atoms with E-state index in [-0.39, 0.29) is 34.3 Å². The van der Waals surface area contributed by atoms with Gasteiger partial charge in [0.2, 0.25) is 5.60 Å². The first kappa shape index (κ1) is 16.1. The SMILES string of the molecule is CCCOC1(C(F)(F)F)c2cc(Cl)ccc2Nc2ncccc21. The van der Waals surface area contributed by atoms with Crippen molar-refractivity contribution in [1.29, 1.82) is 0 Å². The summed E-state index contributed by atoms with van der Waals surface area (Å²) in [7, 11) is 0. The molecule has 2 heterocycles. The third-order valence-corrected chi connectivity index (χ3v) is 3.96. The normalized spacial score (nSPS) is 19.7. The summed E-state index contributed by atoms with van der Waals surface area (Å²) in [4.78, 5) is 4.03. The molecule has 3 nitrogen and oxygen atoms in total. The fourth-order valence-electron chi connectivity index (χ4n) is 2.78. The van der Waals surface area contributed by atoms with Gasteiger partial charge in [-0.25, -0.2) is 4.98 Å². The van der Waals surface area contributed by atoms with Gasteiger partial charge in [-0.15, -0.1) is 0 Å². The van der Waals surface area contributed by atoms with Crippen LogP contribution >= 0.6 is 11.6 Å². The maximum absolute atomic E-state index is 14.2. The molecule has 23 heavy (non-hydrogen) atoms. The van der Waals surface area contributed by atoms with E-state index in [1.807, 2.05) is 0 Å². The average molecular weight is 343 g/mol. The van der Waals surface area contributed by atoms with E-state index in [4.69, 9.17) is 16.3 Å². The first-order valence-electron chi connectivity index (χ1n) is 7.13. The lowest BCUT2D eigenvalue weighted by Gasteiger charge is -2.41. The van der Waals surface area contributed by atoms with Gasteiger partial charge in [-0.05, 0) is 30.7 Å². The summed E-state index contributed by atoms with van der Waals surface area (Å²) >= 11 is 5.95. The van der Waals surface area contributed by atoms with E-state index in [0.717, 1.165) is 0 Å². The van der Waals surface area contributed by atoms with Crippen LogP contribution in [-0.2, 0) is 10.3 Å². The van der Waals surface area contributed by atoms with E-state index in [2.05, 4.69) is 10.3 Å². The highest BCUT2D eigenvalue weighted by atomic mass is 35.5. The van der Waals surface area contributed by atoms with Crippen LogP contribution in [0.2, 0.25) is 5.02 Å². The number of aromatic nitrogens is 1. The van der Waals surface area contributed by atoms with Gasteiger partial charge in [0, 0.05) is 34.6 Å². The number of alkyl halides is 3. The number of nitrogens with zero attached hydrogens (tertiary/aromatic N) is 1. The number of benzene rings is 1. The van der Waals surface area contributed by atoms with Crippen molar-refractivity contribution >= 4 is 23.1 Å². The highest BCUT2D eigenvalue weighted by Gasteiger charge is 2.62. The fourth-order valence-corrected chi connectivity index (χ4v) is 2.95. The molecule has 2 aromatic rings. The predicted molar refractivity (Wildman–Crippen MR) is 82.0 cm³/mol. The smallest absolute Gasteiger partial charge is 0.356 e. The monoisotopic (exact) mass is 342 g/mol. The quantitative estimate of drug-likeness (QED) is 0.850. The number of pyridine rings is 1. The van der Waals surface area contributed by atoms with Crippen LogP contribution in [0.3, 0.4) is 0 Å². The predicted octanol–water partition coefficient (Wildman–Crippen LogP) is 5.02. The minimum absolute atomic E-state index is 0.0419. The van der Waals surface area contributed by atoms with Crippen molar-refractivity contribution in [3.63, 3.8) is 0 Å². The lowest BCUT2D eigenvalue weighted by molar-refractivity contribution is -0.266. The van der Waals surface area contributed by atoms with Crippen LogP contribution in [0.4, 0.5) is 24.7 Å². The van der Waals surface area contributed by atoms with Crippen molar-refractivity contribution in [2.75, 3.05) is 11.9 Å². The Morgan fingerprint density at radius 2 is 2.04 bits per heavy atom. The summed E-state index contributed by atoms with van der Waals surface area (Å²) in [6.07, 6.45) is -2.77. The Morgan fingerprint density at radius 3 is 2.74 bits per heavy atom. The second-order valence-corrected chi connectivity index (χ2v) is 5.68. The number of anilines is 2. The molecule has 7 heteroatoms. The van der Waals surface area contributed by atoms with E-state index in [1.165, 1.54) is 36.5 Å². The molecule has 3 rings (SSSR count). The molecule has 122 valence electrons. The van der Waals surface area contributed by atoms with Gasteiger partial charge in [-0.2, -0.15) is 13.2 Å². The van der Waals surface area contributed by atoms with E-state index in [9.17, 15) is 13.2 Å². The van der Waals surface area contributed by atoms with Gasteiger partial charge in [-0.3, -0.25) is 0 Å². The number of nitrogens with one attached hydrogen (secondary N) is 1. The number of halogens is 4.